The fourth-order valence-corrected chi connectivity index (χ4v) is 1.93. The molecule has 0 saturated carbocycles. The Morgan fingerprint density at radius 1 is 1.69 bits per heavy atom. The van der Waals surface area contributed by atoms with Crippen LogP contribution < -0.4 is 10.1 Å². The van der Waals surface area contributed by atoms with Crippen LogP contribution in [0.4, 0.5) is 0 Å². The number of ether oxygens (including phenoxy) is 1. The van der Waals surface area contributed by atoms with E-state index in [2.05, 4.69) is 16.4 Å². The standard InChI is InChI=1S/C12H15N3O/c1-9(11-3-2-5-14-11)16-12-7-10(8-13)4-6-15-12/h4,6-7,9,11,14H,2-3,5H2,1H3. The van der Waals surface area contributed by atoms with Gasteiger partial charge in [-0.05, 0) is 32.4 Å². The molecule has 1 N–H and O–H groups in total. The number of hydrogen-bond acceptors (Lipinski definition) is 4. The van der Waals surface area contributed by atoms with Gasteiger partial charge in [0, 0.05) is 18.3 Å². The first-order valence-corrected chi connectivity index (χ1v) is 5.56. The van der Waals surface area contributed by atoms with E-state index in [4.69, 9.17) is 10.00 Å². The molecule has 0 amide bonds. The largest absolute Gasteiger partial charge is 0.473 e. The highest BCUT2D eigenvalue weighted by atomic mass is 16.5. The van der Waals surface area contributed by atoms with Gasteiger partial charge in [-0.2, -0.15) is 5.26 Å². The van der Waals surface area contributed by atoms with Gasteiger partial charge in [-0.3, -0.25) is 0 Å². The molecular formula is C12H15N3O. The molecule has 2 atom stereocenters. The lowest BCUT2D eigenvalue weighted by atomic mass is 10.1. The van der Waals surface area contributed by atoms with E-state index in [9.17, 15) is 0 Å². The van der Waals surface area contributed by atoms with Crippen LogP contribution in [-0.2, 0) is 0 Å². The molecule has 2 heterocycles. The summed E-state index contributed by atoms with van der Waals surface area (Å²) in [5, 5.41) is 12.1. The molecule has 0 radical (unpaired) electrons. The maximum atomic E-state index is 8.76. The molecule has 1 aliphatic heterocycles. The molecule has 1 aromatic heterocycles. The fourth-order valence-electron chi connectivity index (χ4n) is 1.93. The zero-order chi connectivity index (χ0) is 11.4. The first-order valence-electron chi connectivity index (χ1n) is 5.56. The minimum atomic E-state index is 0.0870. The number of pyridine rings is 1. The molecule has 1 aromatic rings. The maximum absolute atomic E-state index is 8.76. The van der Waals surface area contributed by atoms with Crippen molar-refractivity contribution in [3.8, 4) is 11.9 Å². The van der Waals surface area contributed by atoms with Crippen molar-refractivity contribution in [3.05, 3.63) is 23.9 Å². The van der Waals surface area contributed by atoms with Gasteiger partial charge in [-0.1, -0.05) is 0 Å². The molecule has 84 valence electrons. The number of nitriles is 1. The van der Waals surface area contributed by atoms with Crippen molar-refractivity contribution in [3.63, 3.8) is 0 Å². The van der Waals surface area contributed by atoms with E-state index in [-0.39, 0.29) is 6.10 Å². The highest BCUT2D eigenvalue weighted by Crippen LogP contribution is 2.16. The van der Waals surface area contributed by atoms with E-state index in [1.807, 2.05) is 6.92 Å². The Hall–Kier alpha value is -1.60. The molecule has 1 aliphatic rings. The number of rotatable bonds is 3. The second-order valence-electron chi connectivity index (χ2n) is 4.02. The summed E-state index contributed by atoms with van der Waals surface area (Å²) in [5.74, 6) is 0.528. The average molecular weight is 217 g/mol. The second kappa shape index (κ2) is 4.95. The van der Waals surface area contributed by atoms with E-state index in [1.54, 1.807) is 18.3 Å². The Bertz CT molecular complexity index is 393. The van der Waals surface area contributed by atoms with Crippen LogP contribution in [-0.4, -0.2) is 23.7 Å². The molecule has 0 aliphatic carbocycles. The van der Waals surface area contributed by atoms with Crippen LogP contribution in [0.3, 0.4) is 0 Å². The summed E-state index contributed by atoms with van der Waals surface area (Å²) in [6.07, 6.45) is 4.02. The molecule has 1 fully saturated rings. The third kappa shape index (κ3) is 2.50. The zero-order valence-electron chi connectivity index (χ0n) is 9.31. The Balaban J connectivity index is 2.00. The van der Waals surface area contributed by atoms with Gasteiger partial charge in [0.2, 0.25) is 5.88 Å². The molecule has 16 heavy (non-hydrogen) atoms. The van der Waals surface area contributed by atoms with Crippen molar-refractivity contribution in [2.45, 2.75) is 31.9 Å². The van der Waals surface area contributed by atoms with Crippen LogP contribution in [0.5, 0.6) is 5.88 Å². The Morgan fingerprint density at radius 2 is 2.56 bits per heavy atom. The van der Waals surface area contributed by atoms with Gasteiger partial charge >= 0.3 is 0 Å². The Labute approximate surface area is 95.3 Å². The second-order valence-corrected chi connectivity index (χ2v) is 4.02. The van der Waals surface area contributed by atoms with E-state index in [0.717, 1.165) is 13.0 Å². The zero-order valence-corrected chi connectivity index (χ0v) is 9.31. The molecular weight excluding hydrogens is 202 g/mol. The number of hydrogen-bond donors (Lipinski definition) is 1. The van der Waals surface area contributed by atoms with Gasteiger partial charge in [-0.15, -0.1) is 0 Å². The highest BCUT2D eigenvalue weighted by molar-refractivity contribution is 5.31. The molecule has 2 unspecified atom stereocenters. The molecule has 4 nitrogen and oxygen atoms in total. The molecule has 2 rings (SSSR count). The van der Waals surface area contributed by atoms with Crippen molar-refractivity contribution < 1.29 is 4.74 Å². The SMILES string of the molecule is CC(Oc1cc(C#N)ccn1)C1CCCN1. The monoisotopic (exact) mass is 217 g/mol. The van der Waals surface area contributed by atoms with Crippen LogP contribution >= 0.6 is 0 Å². The summed E-state index contributed by atoms with van der Waals surface area (Å²) < 4.78 is 5.72. The van der Waals surface area contributed by atoms with Crippen molar-refractivity contribution in [1.29, 1.82) is 5.26 Å². The van der Waals surface area contributed by atoms with Gasteiger partial charge in [0.15, 0.2) is 0 Å². The van der Waals surface area contributed by atoms with E-state index in [1.165, 1.54) is 6.42 Å². The van der Waals surface area contributed by atoms with Crippen LogP contribution in [0.25, 0.3) is 0 Å². The number of nitrogens with zero attached hydrogens (tertiary/aromatic N) is 2. The number of nitrogens with one attached hydrogen (secondary N) is 1. The summed E-state index contributed by atoms with van der Waals surface area (Å²) in [6.45, 7) is 3.09. The summed E-state index contributed by atoms with van der Waals surface area (Å²) in [6, 6.07) is 5.81. The summed E-state index contributed by atoms with van der Waals surface area (Å²) in [7, 11) is 0. The first kappa shape index (κ1) is 10.9. The predicted octanol–water partition coefficient (Wildman–Crippen LogP) is 1.47. The van der Waals surface area contributed by atoms with E-state index < -0.39 is 0 Å². The maximum Gasteiger partial charge on any atom is 0.214 e. The van der Waals surface area contributed by atoms with Crippen LogP contribution in [0.15, 0.2) is 18.3 Å². The smallest absolute Gasteiger partial charge is 0.214 e. The summed E-state index contributed by atoms with van der Waals surface area (Å²) >= 11 is 0. The lowest BCUT2D eigenvalue weighted by Gasteiger charge is -2.20. The van der Waals surface area contributed by atoms with Gasteiger partial charge in [0.05, 0.1) is 11.6 Å². The van der Waals surface area contributed by atoms with Crippen molar-refractivity contribution in [2.75, 3.05) is 6.54 Å². The highest BCUT2D eigenvalue weighted by Gasteiger charge is 2.22. The van der Waals surface area contributed by atoms with Gasteiger partial charge in [-0.25, -0.2) is 4.98 Å². The summed E-state index contributed by atoms with van der Waals surface area (Å²) in [5.41, 5.74) is 0.580. The van der Waals surface area contributed by atoms with E-state index in [0.29, 0.717) is 17.5 Å². The quantitative estimate of drug-likeness (QED) is 0.833. The number of aromatic nitrogens is 1. The average Bonchev–Trinajstić information content (AvgIpc) is 2.83. The lowest BCUT2D eigenvalue weighted by Crippen LogP contribution is -2.36. The Kier molecular flexibility index (Phi) is 3.37. The predicted molar refractivity (Wildman–Crippen MR) is 60.1 cm³/mol. The molecule has 0 bridgehead atoms. The van der Waals surface area contributed by atoms with Crippen molar-refractivity contribution >= 4 is 0 Å². The topological polar surface area (TPSA) is 57.9 Å². The van der Waals surface area contributed by atoms with Crippen molar-refractivity contribution in [1.82, 2.24) is 10.3 Å². The van der Waals surface area contributed by atoms with Gasteiger partial charge in [0.25, 0.3) is 0 Å². The molecule has 4 heteroatoms. The van der Waals surface area contributed by atoms with Gasteiger partial charge in [0.1, 0.15) is 6.10 Å². The van der Waals surface area contributed by atoms with Crippen molar-refractivity contribution in [2.24, 2.45) is 0 Å². The van der Waals surface area contributed by atoms with E-state index >= 15 is 0 Å². The van der Waals surface area contributed by atoms with Crippen LogP contribution in [0, 0.1) is 11.3 Å². The minimum Gasteiger partial charge on any atom is -0.473 e. The minimum absolute atomic E-state index is 0.0870. The third-order valence-corrected chi connectivity index (χ3v) is 2.84. The normalized spacial score (nSPS) is 21.4. The summed E-state index contributed by atoms with van der Waals surface area (Å²) in [4.78, 5) is 4.10. The van der Waals surface area contributed by atoms with Gasteiger partial charge < -0.3 is 10.1 Å². The van der Waals surface area contributed by atoms with Crippen LogP contribution in [0.1, 0.15) is 25.3 Å². The Morgan fingerprint density at radius 3 is 3.25 bits per heavy atom. The molecule has 0 aromatic carbocycles. The van der Waals surface area contributed by atoms with Crippen LogP contribution in [0.2, 0.25) is 0 Å². The first-order chi connectivity index (χ1) is 7.79. The molecule has 1 saturated heterocycles. The third-order valence-electron chi connectivity index (χ3n) is 2.84. The fraction of sp³-hybridized carbons (Fsp3) is 0.500. The molecule has 0 spiro atoms. The lowest BCUT2D eigenvalue weighted by molar-refractivity contribution is 0.172.